The van der Waals surface area contributed by atoms with Gasteiger partial charge < -0.3 is 10.2 Å². The average Bonchev–Trinajstić information content (AvgIpc) is 2.34. The topological polar surface area (TPSA) is 15.3 Å². The van der Waals surface area contributed by atoms with Crippen molar-refractivity contribution >= 4 is 28.9 Å². The second-order valence-electron chi connectivity index (χ2n) is 4.60. The van der Waals surface area contributed by atoms with Crippen molar-refractivity contribution in [2.45, 2.75) is 25.8 Å². The van der Waals surface area contributed by atoms with E-state index in [1.165, 1.54) is 0 Å². The Bertz CT molecular complexity index is 399. The molecule has 0 aromatic heterocycles. The van der Waals surface area contributed by atoms with E-state index >= 15 is 0 Å². The number of halogens is 2. The minimum Gasteiger partial charge on any atom is -0.370 e. The van der Waals surface area contributed by atoms with Crippen molar-refractivity contribution in [1.82, 2.24) is 5.32 Å². The second-order valence-corrected chi connectivity index (χ2v) is 5.42. The normalized spacial score (nSPS) is 17.5. The van der Waals surface area contributed by atoms with Crippen LogP contribution in [0.2, 0.25) is 10.0 Å². The van der Waals surface area contributed by atoms with Crippen molar-refractivity contribution in [3.05, 3.63) is 27.7 Å². The molecule has 94 valence electrons. The van der Waals surface area contributed by atoms with Crippen LogP contribution in [0, 0.1) is 6.92 Å². The predicted octanol–water partition coefficient (Wildman–Crippen LogP) is 3.49. The lowest BCUT2D eigenvalue weighted by molar-refractivity contribution is 0.442. The summed E-state index contributed by atoms with van der Waals surface area (Å²) in [5, 5.41) is 4.92. The number of rotatable bonds is 2. The molecular weight excluding hydrogens is 255 g/mol. The zero-order chi connectivity index (χ0) is 12.4. The Balaban J connectivity index is 2.16. The maximum Gasteiger partial charge on any atom is 0.0643 e. The first-order valence-electron chi connectivity index (χ1n) is 5.99. The lowest BCUT2D eigenvalue weighted by Gasteiger charge is -2.34. The van der Waals surface area contributed by atoms with Gasteiger partial charge in [0.2, 0.25) is 0 Å². The second kappa shape index (κ2) is 5.47. The molecule has 0 saturated carbocycles. The van der Waals surface area contributed by atoms with E-state index in [-0.39, 0.29) is 0 Å². The zero-order valence-electron chi connectivity index (χ0n) is 10.3. The highest BCUT2D eigenvalue weighted by molar-refractivity contribution is 6.35. The molecule has 1 fully saturated rings. The van der Waals surface area contributed by atoms with Gasteiger partial charge in [0.05, 0.1) is 10.7 Å². The Morgan fingerprint density at radius 3 is 2.41 bits per heavy atom. The van der Waals surface area contributed by atoms with Crippen LogP contribution in [-0.4, -0.2) is 26.2 Å². The number of piperidine rings is 1. The highest BCUT2D eigenvalue weighted by Gasteiger charge is 2.20. The smallest absolute Gasteiger partial charge is 0.0643 e. The van der Waals surface area contributed by atoms with Gasteiger partial charge in [-0.3, -0.25) is 0 Å². The van der Waals surface area contributed by atoms with Gasteiger partial charge >= 0.3 is 0 Å². The molecule has 17 heavy (non-hydrogen) atoms. The Morgan fingerprint density at radius 1 is 1.18 bits per heavy atom. The van der Waals surface area contributed by atoms with Gasteiger partial charge in [-0.25, -0.2) is 0 Å². The third-order valence-corrected chi connectivity index (χ3v) is 4.18. The first-order valence-corrected chi connectivity index (χ1v) is 6.75. The number of nitrogens with one attached hydrogen (secondary N) is 1. The SMILES string of the molecule is CNC1CCN(c2cc(Cl)c(C)cc2Cl)CC1. The molecule has 0 radical (unpaired) electrons. The summed E-state index contributed by atoms with van der Waals surface area (Å²) in [6, 6.07) is 4.56. The van der Waals surface area contributed by atoms with Crippen molar-refractivity contribution in [2.75, 3.05) is 25.0 Å². The van der Waals surface area contributed by atoms with Crippen molar-refractivity contribution < 1.29 is 0 Å². The summed E-state index contributed by atoms with van der Waals surface area (Å²) in [5.41, 5.74) is 2.10. The molecule has 0 unspecified atom stereocenters. The molecular formula is C13H18Cl2N2. The molecule has 1 saturated heterocycles. The van der Waals surface area contributed by atoms with Gasteiger partial charge in [-0.15, -0.1) is 0 Å². The van der Waals surface area contributed by atoms with Gasteiger partial charge in [-0.2, -0.15) is 0 Å². The van der Waals surface area contributed by atoms with Crippen molar-refractivity contribution in [2.24, 2.45) is 0 Å². The van der Waals surface area contributed by atoms with Crippen LogP contribution < -0.4 is 10.2 Å². The summed E-state index contributed by atoms with van der Waals surface area (Å²) >= 11 is 12.5. The van der Waals surface area contributed by atoms with Crippen LogP contribution in [0.25, 0.3) is 0 Å². The largest absolute Gasteiger partial charge is 0.370 e. The summed E-state index contributed by atoms with van der Waals surface area (Å²) in [7, 11) is 2.02. The number of nitrogens with zero attached hydrogens (tertiary/aromatic N) is 1. The Hall–Kier alpha value is -0.440. The summed E-state index contributed by atoms with van der Waals surface area (Å²) in [6.07, 6.45) is 2.30. The van der Waals surface area contributed by atoms with E-state index in [0.717, 1.165) is 47.2 Å². The molecule has 2 rings (SSSR count). The fourth-order valence-electron chi connectivity index (χ4n) is 2.29. The number of hydrogen-bond acceptors (Lipinski definition) is 2. The van der Waals surface area contributed by atoms with E-state index in [1.807, 2.05) is 26.1 Å². The predicted molar refractivity (Wildman–Crippen MR) is 75.5 cm³/mol. The molecule has 1 heterocycles. The number of hydrogen-bond donors (Lipinski definition) is 1. The summed E-state index contributed by atoms with van der Waals surface area (Å²) in [6.45, 7) is 4.04. The molecule has 0 amide bonds. The van der Waals surface area contributed by atoms with Gasteiger partial charge in [-0.05, 0) is 44.5 Å². The molecule has 0 atom stereocenters. The van der Waals surface area contributed by atoms with Gasteiger partial charge in [-0.1, -0.05) is 23.2 Å². The molecule has 2 nitrogen and oxygen atoms in total. The molecule has 1 aromatic rings. The zero-order valence-corrected chi connectivity index (χ0v) is 11.8. The van der Waals surface area contributed by atoms with Gasteiger partial charge in [0.25, 0.3) is 0 Å². The van der Waals surface area contributed by atoms with E-state index in [0.29, 0.717) is 6.04 Å². The van der Waals surface area contributed by atoms with Crippen LogP contribution in [0.1, 0.15) is 18.4 Å². The van der Waals surface area contributed by atoms with E-state index in [2.05, 4.69) is 10.2 Å². The maximum absolute atomic E-state index is 6.29. The van der Waals surface area contributed by atoms with Gasteiger partial charge in [0.1, 0.15) is 0 Å². The fraction of sp³-hybridized carbons (Fsp3) is 0.538. The van der Waals surface area contributed by atoms with Gasteiger partial charge in [0, 0.05) is 24.2 Å². The van der Waals surface area contributed by atoms with Crippen LogP contribution in [0.5, 0.6) is 0 Å². The maximum atomic E-state index is 6.29. The molecule has 0 spiro atoms. The van der Waals surface area contributed by atoms with Crippen molar-refractivity contribution in [1.29, 1.82) is 0 Å². The van der Waals surface area contributed by atoms with Gasteiger partial charge in [0.15, 0.2) is 0 Å². The van der Waals surface area contributed by atoms with E-state index in [1.54, 1.807) is 0 Å². The Kier molecular flexibility index (Phi) is 4.18. The lowest BCUT2D eigenvalue weighted by atomic mass is 10.0. The molecule has 0 aliphatic carbocycles. The first kappa shape index (κ1) is 13.0. The summed E-state index contributed by atoms with van der Waals surface area (Å²) < 4.78 is 0. The molecule has 0 bridgehead atoms. The van der Waals surface area contributed by atoms with E-state index in [9.17, 15) is 0 Å². The van der Waals surface area contributed by atoms with Crippen LogP contribution in [0.15, 0.2) is 12.1 Å². The van der Waals surface area contributed by atoms with E-state index in [4.69, 9.17) is 23.2 Å². The minimum atomic E-state index is 0.631. The Morgan fingerprint density at radius 2 is 1.82 bits per heavy atom. The van der Waals surface area contributed by atoms with Crippen LogP contribution in [0.4, 0.5) is 5.69 Å². The third kappa shape index (κ3) is 2.87. The molecule has 4 heteroatoms. The highest BCUT2D eigenvalue weighted by Crippen LogP contribution is 2.33. The monoisotopic (exact) mass is 272 g/mol. The van der Waals surface area contributed by atoms with Crippen molar-refractivity contribution in [3.8, 4) is 0 Å². The standard InChI is InChI=1S/C13H18Cl2N2/c1-9-7-12(15)13(8-11(9)14)17-5-3-10(16-2)4-6-17/h7-8,10,16H,3-6H2,1-2H3. The highest BCUT2D eigenvalue weighted by atomic mass is 35.5. The molecule has 1 N–H and O–H groups in total. The fourth-order valence-corrected chi connectivity index (χ4v) is 2.78. The number of aryl methyl sites for hydroxylation is 1. The van der Waals surface area contributed by atoms with Crippen molar-refractivity contribution in [3.63, 3.8) is 0 Å². The minimum absolute atomic E-state index is 0.631. The summed E-state index contributed by atoms with van der Waals surface area (Å²) in [4.78, 5) is 2.32. The number of benzene rings is 1. The number of anilines is 1. The molecule has 1 aliphatic heterocycles. The Labute approximate surface area is 113 Å². The first-order chi connectivity index (χ1) is 8.11. The molecule has 1 aromatic carbocycles. The van der Waals surface area contributed by atoms with Crippen LogP contribution in [0.3, 0.4) is 0 Å². The third-order valence-electron chi connectivity index (χ3n) is 3.47. The quantitative estimate of drug-likeness (QED) is 0.887. The van der Waals surface area contributed by atoms with E-state index < -0.39 is 0 Å². The molecule has 1 aliphatic rings. The van der Waals surface area contributed by atoms with Crippen LogP contribution in [-0.2, 0) is 0 Å². The summed E-state index contributed by atoms with van der Waals surface area (Å²) in [5.74, 6) is 0. The van der Waals surface area contributed by atoms with Crippen LogP contribution >= 0.6 is 23.2 Å². The lowest BCUT2D eigenvalue weighted by Crippen LogP contribution is -2.41. The average molecular weight is 273 g/mol.